The van der Waals surface area contributed by atoms with E-state index in [4.69, 9.17) is 4.42 Å². The van der Waals surface area contributed by atoms with Gasteiger partial charge in [0, 0.05) is 50.5 Å². The van der Waals surface area contributed by atoms with Crippen molar-refractivity contribution < 1.29 is 4.42 Å². The van der Waals surface area contributed by atoms with Crippen molar-refractivity contribution in [2.24, 2.45) is 0 Å². The summed E-state index contributed by atoms with van der Waals surface area (Å²) in [6.07, 6.45) is 4.52. The van der Waals surface area contributed by atoms with E-state index in [9.17, 15) is 0 Å². The van der Waals surface area contributed by atoms with Gasteiger partial charge >= 0.3 is 6.85 Å². The van der Waals surface area contributed by atoms with Crippen LogP contribution in [0.4, 0.5) is 40.0 Å². The number of benzene rings is 9. The van der Waals surface area contributed by atoms with E-state index < -0.39 is 0 Å². The Hall–Kier alpha value is -8.02. The van der Waals surface area contributed by atoms with Gasteiger partial charge in [-0.15, -0.1) is 0 Å². The minimum absolute atomic E-state index is 0.00263. The molecule has 0 saturated heterocycles. The van der Waals surface area contributed by atoms with Gasteiger partial charge in [0.1, 0.15) is 5.58 Å². The Bertz CT molecular complexity index is 4550. The first-order chi connectivity index (χ1) is 43.7. The lowest BCUT2D eigenvalue weighted by Gasteiger charge is -2.46. The van der Waals surface area contributed by atoms with Crippen LogP contribution in [0.3, 0.4) is 0 Å². The topological polar surface area (TPSA) is 22.9 Å². The molecule has 0 amide bonds. The van der Waals surface area contributed by atoms with Crippen molar-refractivity contribution in [2.45, 2.75) is 209 Å². The first-order valence-electron chi connectivity index (χ1n) is 34.6. The molecule has 3 heterocycles. The van der Waals surface area contributed by atoms with E-state index in [1.54, 1.807) is 0 Å². The van der Waals surface area contributed by atoms with Gasteiger partial charge in [-0.3, -0.25) is 0 Å². The Labute approximate surface area is 557 Å². The smallest absolute Gasteiger partial charge is 0.337 e. The maximum Gasteiger partial charge on any atom is 0.337 e. The van der Waals surface area contributed by atoms with E-state index in [0.717, 1.165) is 54.2 Å². The zero-order valence-corrected chi connectivity index (χ0v) is 59.5. The molecule has 0 fully saturated rings. The minimum atomic E-state index is -0.270. The first kappa shape index (κ1) is 62.4. The van der Waals surface area contributed by atoms with Crippen LogP contribution in [-0.2, 0) is 44.4 Å². The van der Waals surface area contributed by atoms with E-state index in [1.807, 2.05) is 0 Å². The fourth-order valence-corrected chi connectivity index (χ4v) is 16.6. The van der Waals surface area contributed by atoms with Crippen LogP contribution in [0.1, 0.15) is 205 Å². The number of nitrogens with zero attached hydrogens (tertiary/aromatic N) is 3. The van der Waals surface area contributed by atoms with Gasteiger partial charge in [0.25, 0.3) is 0 Å². The zero-order chi connectivity index (χ0) is 66.0. The number of hydrogen-bond donors (Lipinski definition) is 0. The molecule has 0 spiro atoms. The summed E-state index contributed by atoms with van der Waals surface area (Å²) in [7, 11) is 0. The van der Waals surface area contributed by atoms with Crippen molar-refractivity contribution >= 4 is 68.8 Å². The fourth-order valence-electron chi connectivity index (χ4n) is 16.6. The third kappa shape index (κ3) is 10.6. The van der Waals surface area contributed by atoms with Crippen LogP contribution in [0, 0.1) is 20.8 Å². The van der Waals surface area contributed by atoms with Crippen molar-refractivity contribution in [3.8, 4) is 33.4 Å². The molecule has 5 heteroatoms. The standard InChI is InChI=1S/C88H98BN3O/c1-54-44-55(2)78(56(3)45-54)59-46-69-68-49-65(91(63-32-28-60(29-33-63)82(4,5)6)64-34-30-61(31-35-64)83(7,8)9)37-39-75(68)92(66-36-38-71-72(50-66)86(15,16)41-40-85(71,13)14)89-79(69)76(47-59)90(53-58-26-27-62(84(10,11)12)48-67(58)57-24-22-21-23-25-57)81-80(89)70-51-73-74(52-77(70)93-81)88(19,20)43-42-87(73,17)18/h21-39,44-52H,40-43,53H2,1-20H3. The predicted octanol–water partition coefficient (Wildman–Crippen LogP) is 23.3. The van der Waals surface area contributed by atoms with E-state index in [0.29, 0.717) is 6.54 Å². The number of aryl methyl sites for hydroxylation is 3. The molecule has 93 heavy (non-hydrogen) atoms. The highest BCUT2D eigenvalue weighted by Gasteiger charge is 2.50. The van der Waals surface area contributed by atoms with Crippen LogP contribution in [0.2, 0.25) is 0 Å². The maximum absolute atomic E-state index is 7.91. The van der Waals surface area contributed by atoms with Gasteiger partial charge in [0.05, 0.1) is 6.54 Å². The number of hydrogen-bond acceptors (Lipinski definition) is 4. The Morgan fingerprint density at radius 2 is 0.968 bits per heavy atom. The van der Waals surface area contributed by atoms with Gasteiger partial charge in [-0.2, -0.15) is 0 Å². The van der Waals surface area contributed by atoms with Crippen LogP contribution in [-0.4, -0.2) is 6.85 Å². The number of anilines is 7. The van der Waals surface area contributed by atoms with Gasteiger partial charge in [-0.25, -0.2) is 0 Å². The SMILES string of the molecule is Cc1cc(C)c(-c2cc3c4c(c2)N(Cc2ccc(C(C)(C)C)cc2-c2ccccc2)c2oc5cc6c(cc5c2B4N(c2ccc4c(c2)C(C)(C)CCC4(C)C)c2ccc(N(c4ccc(C(C)(C)C)cc4)c4ccc(C(C)(C)C)cc4)cc2-3)C(C)(C)CCC6(C)C)c(C)c1. The highest BCUT2D eigenvalue weighted by Crippen LogP contribution is 2.55. The van der Waals surface area contributed by atoms with Crippen molar-refractivity contribution in [1.82, 2.24) is 0 Å². The molecule has 2 aliphatic heterocycles. The molecule has 2 aliphatic carbocycles. The molecule has 4 nitrogen and oxygen atoms in total. The molecule has 4 aliphatic rings. The largest absolute Gasteiger partial charge is 0.441 e. The molecule has 0 unspecified atom stereocenters. The lowest BCUT2D eigenvalue weighted by molar-refractivity contribution is 0.332. The normalized spacial score (nSPS) is 16.8. The summed E-state index contributed by atoms with van der Waals surface area (Å²) in [5.41, 5.74) is 32.5. The van der Waals surface area contributed by atoms with Crippen LogP contribution in [0.15, 0.2) is 174 Å². The summed E-state index contributed by atoms with van der Waals surface area (Å²) in [6, 6.07) is 67.0. The van der Waals surface area contributed by atoms with Crippen molar-refractivity contribution in [3.05, 3.63) is 231 Å². The molecule has 474 valence electrons. The van der Waals surface area contributed by atoms with Crippen LogP contribution >= 0.6 is 0 Å². The van der Waals surface area contributed by atoms with Crippen LogP contribution < -0.4 is 25.5 Å². The second-order valence-corrected chi connectivity index (χ2v) is 34.2. The molecule has 0 N–H and O–H groups in total. The summed E-state index contributed by atoms with van der Waals surface area (Å²) in [5, 5.41) is 1.20. The summed E-state index contributed by atoms with van der Waals surface area (Å²) >= 11 is 0. The lowest BCUT2D eigenvalue weighted by Crippen LogP contribution is -2.61. The van der Waals surface area contributed by atoms with E-state index >= 15 is 0 Å². The maximum atomic E-state index is 7.91. The number of fused-ring (bicyclic) bond motifs is 8. The zero-order valence-electron chi connectivity index (χ0n) is 59.5. The summed E-state index contributed by atoms with van der Waals surface area (Å²) in [5.74, 6) is 0.924. The monoisotopic (exact) mass is 1220 g/mol. The van der Waals surface area contributed by atoms with Crippen molar-refractivity contribution in [1.29, 1.82) is 0 Å². The second kappa shape index (κ2) is 21.5. The third-order valence-electron chi connectivity index (χ3n) is 22.4. The second-order valence-electron chi connectivity index (χ2n) is 34.2. The fraction of sp³-hybridized carbons (Fsp3) is 0.364. The predicted molar refractivity (Wildman–Crippen MR) is 400 cm³/mol. The quantitative estimate of drug-likeness (QED) is 0.141. The Kier molecular flexibility index (Phi) is 14.4. The molecule has 0 radical (unpaired) electrons. The van der Waals surface area contributed by atoms with Crippen molar-refractivity contribution in [2.75, 3.05) is 14.6 Å². The molecule has 10 aromatic rings. The molecule has 14 rings (SSSR count). The van der Waals surface area contributed by atoms with Crippen LogP contribution in [0.25, 0.3) is 44.3 Å². The summed E-state index contributed by atoms with van der Waals surface area (Å²) in [6.45, 7) is 47.7. The Balaban J connectivity index is 1.12. The van der Waals surface area contributed by atoms with Crippen molar-refractivity contribution in [3.63, 3.8) is 0 Å². The molecular formula is C88H98BN3O. The van der Waals surface area contributed by atoms with E-state index in [2.05, 4.69) is 323 Å². The van der Waals surface area contributed by atoms with Crippen LogP contribution in [0.5, 0.6) is 0 Å². The Morgan fingerprint density at radius 3 is 1.54 bits per heavy atom. The number of rotatable bonds is 8. The summed E-state index contributed by atoms with van der Waals surface area (Å²) in [4.78, 5) is 7.88. The lowest BCUT2D eigenvalue weighted by atomic mass is 9.43. The average molecular weight is 1220 g/mol. The minimum Gasteiger partial charge on any atom is -0.441 e. The van der Waals surface area contributed by atoms with Gasteiger partial charge in [-0.05, 0) is 252 Å². The van der Waals surface area contributed by atoms with Gasteiger partial charge in [-0.1, -0.05) is 214 Å². The highest BCUT2D eigenvalue weighted by atomic mass is 16.4. The Morgan fingerprint density at radius 1 is 0.441 bits per heavy atom. The third-order valence-corrected chi connectivity index (χ3v) is 22.4. The molecule has 9 aromatic carbocycles. The average Bonchev–Trinajstić information content (AvgIpc) is 1.68. The molecule has 0 saturated carbocycles. The van der Waals surface area contributed by atoms with Gasteiger partial charge < -0.3 is 19.0 Å². The summed E-state index contributed by atoms with van der Waals surface area (Å²) < 4.78 is 7.91. The molecule has 0 bridgehead atoms. The first-order valence-corrected chi connectivity index (χ1v) is 34.6. The molecule has 1 aromatic heterocycles. The number of furan rings is 1. The molecule has 0 atom stereocenters. The van der Waals surface area contributed by atoms with Gasteiger partial charge in [0.2, 0.25) is 0 Å². The highest BCUT2D eigenvalue weighted by molar-refractivity contribution is 6.95. The van der Waals surface area contributed by atoms with E-state index in [1.165, 1.54) is 128 Å². The molecular weight excluding hydrogens is 1130 g/mol. The van der Waals surface area contributed by atoms with E-state index in [-0.39, 0.29) is 44.8 Å². The van der Waals surface area contributed by atoms with Gasteiger partial charge in [0.15, 0.2) is 5.88 Å².